The summed E-state index contributed by atoms with van der Waals surface area (Å²) in [6, 6.07) is 0. The van der Waals surface area contributed by atoms with Gasteiger partial charge in [-0.2, -0.15) is 0 Å². The summed E-state index contributed by atoms with van der Waals surface area (Å²) in [5.41, 5.74) is 0.989. The molecule has 0 unspecified atom stereocenters. The largest absolute Gasteiger partial charge is 0.294 e. The number of ketones is 1. The Hall–Kier alpha value is -0.283. The summed E-state index contributed by atoms with van der Waals surface area (Å²) >= 11 is 1.86. The average molecular weight is 393 g/mol. The van der Waals surface area contributed by atoms with Crippen LogP contribution in [-0.2, 0) is 4.79 Å². The van der Waals surface area contributed by atoms with Crippen LogP contribution in [0, 0.1) is 22.7 Å². The SMILES string of the molecule is C/C=C(\C[C@]12C(=O)/C(=C\SCCCC)C(C)(C)[C@H]1CC[C@H]2C)[Si](C)(C)C. The van der Waals surface area contributed by atoms with Crippen molar-refractivity contribution in [3.8, 4) is 0 Å². The molecule has 1 nitrogen and oxygen atoms in total. The number of fused-ring (bicyclic) bond motifs is 1. The van der Waals surface area contributed by atoms with E-state index in [0.717, 1.165) is 17.7 Å². The van der Waals surface area contributed by atoms with Crippen molar-refractivity contribution in [3.05, 3.63) is 22.3 Å². The topological polar surface area (TPSA) is 17.1 Å². The molecule has 0 spiro atoms. The van der Waals surface area contributed by atoms with Gasteiger partial charge in [-0.15, -0.1) is 11.8 Å². The molecule has 2 rings (SSSR count). The molecule has 26 heavy (non-hydrogen) atoms. The highest BCUT2D eigenvalue weighted by Gasteiger charge is 2.65. The van der Waals surface area contributed by atoms with Crippen molar-refractivity contribution in [1.82, 2.24) is 0 Å². The summed E-state index contributed by atoms with van der Waals surface area (Å²) in [6.45, 7) is 18.7. The minimum absolute atomic E-state index is 0.0132. The Balaban J connectivity index is 2.43. The van der Waals surface area contributed by atoms with Crippen molar-refractivity contribution in [2.75, 3.05) is 5.75 Å². The Labute approximate surface area is 167 Å². The van der Waals surface area contributed by atoms with Crippen LogP contribution in [0.4, 0.5) is 0 Å². The van der Waals surface area contributed by atoms with Crippen molar-refractivity contribution < 1.29 is 4.79 Å². The zero-order valence-corrected chi connectivity index (χ0v) is 20.2. The Bertz CT molecular complexity index is 596. The highest BCUT2D eigenvalue weighted by Crippen LogP contribution is 2.67. The second-order valence-corrected chi connectivity index (χ2v) is 16.2. The maximum atomic E-state index is 13.9. The second kappa shape index (κ2) is 7.99. The van der Waals surface area contributed by atoms with Crippen LogP contribution in [0.2, 0.25) is 19.6 Å². The number of carbonyl (C=O) groups excluding carboxylic acids is 1. The van der Waals surface area contributed by atoms with Crippen LogP contribution < -0.4 is 0 Å². The van der Waals surface area contributed by atoms with Gasteiger partial charge in [0.05, 0.1) is 8.07 Å². The van der Waals surface area contributed by atoms with Gasteiger partial charge in [-0.05, 0) is 61.0 Å². The van der Waals surface area contributed by atoms with Crippen LogP contribution in [0.3, 0.4) is 0 Å². The molecule has 0 aliphatic heterocycles. The first-order valence-electron chi connectivity index (χ1n) is 10.6. The zero-order valence-electron chi connectivity index (χ0n) is 18.4. The van der Waals surface area contributed by atoms with E-state index in [0.29, 0.717) is 17.6 Å². The highest BCUT2D eigenvalue weighted by atomic mass is 32.2. The highest BCUT2D eigenvalue weighted by molar-refractivity contribution is 8.02. The van der Waals surface area contributed by atoms with E-state index >= 15 is 0 Å². The molecule has 3 atom stereocenters. The number of allylic oxidation sites excluding steroid dienone is 3. The molecule has 0 bridgehead atoms. The average Bonchev–Trinajstić information content (AvgIpc) is 2.95. The molecule has 0 heterocycles. The minimum atomic E-state index is -1.40. The number of hydrogen-bond donors (Lipinski definition) is 0. The van der Waals surface area contributed by atoms with Crippen LogP contribution in [0.15, 0.2) is 22.3 Å². The molecule has 0 aromatic carbocycles. The minimum Gasteiger partial charge on any atom is -0.294 e. The summed E-state index contributed by atoms with van der Waals surface area (Å²) in [4.78, 5) is 13.9. The third kappa shape index (κ3) is 3.67. The van der Waals surface area contributed by atoms with Gasteiger partial charge in [0.25, 0.3) is 0 Å². The van der Waals surface area contributed by atoms with Crippen LogP contribution >= 0.6 is 11.8 Å². The molecule has 0 aromatic rings. The molecular weight excluding hydrogens is 352 g/mol. The van der Waals surface area contributed by atoms with E-state index in [2.05, 4.69) is 65.7 Å². The molecule has 0 saturated heterocycles. The molecule has 0 amide bonds. The number of unbranched alkanes of at least 4 members (excludes halogenated alkanes) is 1. The second-order valence-electron chi connectivity index (χ2n) is 10.1. The van der Waals surface area contributed by atoms with Gasteiger partial charge in [-0.1, -0.05) is 65.0 Å². The summed E-state index contributed by atoms with van der Waals surface area (Å²) in [5.74, 6) is 2.61. The summed E-state index contributed by atoms with van der Waals surface area (Å²) in [7, 11) is -1.40. The van der Waals surface area contributed by atoms with E-state index < -0.39 is 8.07 Å². The summed E-state index contributed by atoms with van der Waals surface area (Å²) in [6.07, 6.45) is 8.20. The number of rotatable bonds is 7. The third-order valence-electron chi connectivity index (χ3n) is 7.23. The molecule has 148 valence electrons. The molecule has 2 saturated carbocycles. The van der Waals surface area contributed by atoms with E-state index in [1.165, 1.54) is 25.7 Å². The molecule has 0 N–H and O–H groups in total. The molecule has 2 fully saturated rings. The Kier molecular flexibility index (Phi) is 6.76. The van der Waals surface area contributed by atoms with Gasteiger partial charge in [0.2, 0.25) is 0 Å². The molecular formula is C23H40OSSi. The number of hydrogen-bond acceptors (Lipinski definition) is 2. The summed E-state index contributed by atoms with van der Waals surface area (Å²) < 4.78 is 0. The van der Waals surface area contributed by atoms with Crippen LogP contribution in [-0.4, -0.2) is 19.6 Å². The summed E-state index contributed by atoms with van der Waals surface area (Å²) in [5, 5.41) is 3.83. The predicted octanol–water partition coefficient (Wildman–Crippen LogP) is 7.26. The van der Waals surface area contributed by atoms with Crippen LogP contribution in [0.25, 0.3) is 0 Å². The van der Waals surface area contributed by atoms with Crippen molar-refractivity contribution in [1.29, 1.82) is 0 Å². The van der Waals surface area contributed by atoms with Crippen molar-refractivity contribution in [2.45, 2.75) is 86.4 Å². The van der Waals surface area contributed by atoms with Crippen LogP contribution in [0.5, 0.6) is 0 Å². The van der Waals surface area contributed by atoms with Gasteiger partial charge in [0.15, 0.2) is 5.78 Å². The monoisotopic (exact) mass is 392 g/mol. The van der Waals surface area contributed by atoms with Crippen LogP contribution in [0.1, 0.15) is 66.7 Å². The van der Waals surface area contributed by atoms with E-state index in [9.17, 15) is 4.79 Å². The van der Waals surface area contributed by atoms with Crippen molar-refractivity contribution >= 4 is 25.6 Å². The maximum Gasteiger partial charge on any atom is 0.166 e. The van der Waals surface area contributed by atoms with E-state index in [1.807, 2.05) is 11.8 Å². The first-order valence-corrected chi connectivity index (χ1v) is 15.1. The lowest BCUT2D eigenvalue weighted by Gasteiger charge is -2.38. The lowest BCUT2D eigenvalue weighted by atomic mass is 9.67. The smallest absolute Gasteiger partial charge is 0.166 e. The van der Waals surface area contributed by atoms with Crippen molar-refractivity contribution in [2.24, 2.45) is 22.7 Å². The third-order valence-corrected chi connectivity index (χ3v) is 10.6. The standard InChI is InChI=1S/C23H40OSSi/c1-9-11-14-25-16-19-21(24)23(15-18(10-2)26(6,7)8)17(3)12-13-20(23)22(19,4)5/h10,16-17,20H,9,11-15H2,1-8H3/b18-10+,19-16+/t17-,20-,23-/m1/s1. The molecule has 2 aliphatic carbocycles. The maximum absolute atomic E-state index is 13.9. The number of thioether (sulfide) groups is 1. The van der Waals surface area contributed by atoms with Gasteiger partial charge in [0, 0.05) is 11.0 Å². The van der Waals surface area contributed by atoms with E-state index in [-0.39, 0.29) is 10.8 Å². The number of carbonyl (C=O) groups is 1. The Morgan fingerprint density at radius 3 is 2.46 bits per heavy atom. The fourth-order valence-corrected chi connectivity index (χ4v) is 8.30. The quantitative estimate of drug-likeness (QED) is 0.257. The lowest BCUT2D eigenvalue weighted by Crippen LogP contribution is -2.39. The molecule has 3 heteroatoms. The van der Waals surface area contributed by atoms with Gasteiger partial charge in [-0.3, -0.25) is 4.79 Å². The van der Waals surface area contributed by atoms with Gasteiger partial charge < -0.3 is 0 Å². The fraction of sp³-hybridized carbons (Fsp3) is 0.783. The Morgan fingerprint density at radius 1 is 1.27 bits per heavy atom. The first kappa shape index (κ1) is 22.0. The first-order chi connectivity index (χ1) is 12.0. The predicted molar refractivity (Wildman–Crippen MR) is 120 cm³/mol. The van der Waals surface area contributed by atoms with E-state index in [4.69, 9.17) is 0 Å². The van der Waals surface area contributed by atoms with Gasteiger partial charge in [-0.25, -0.2) is 0 Å². The molecule has 0 aromatic heterocycles. The van der Waals surface area contributed by atoms with Gasteiger partial charge in [0.1, 0.15) is 0 Å². The van der Waals surface area contributed by atoms with Crippen molar-refractivity contribution in [3.63, 3.8) is 0 Å². The van der Waals surface area contributed by atoms with E-state index in [1.54, 1.807) is 5.20 Å². The molecule has 0 radical (unpaired) electrons. The zero-order chi connectivity index (χ0) is 19.8. The molecule has 2 aliphatic rings. The lowest BCUT2D eigenvalue weighted by molar-refractivity contribution is -0.125. The normalized spacial score (nSPS) is 33.2. The fourth-order valence-electron chi connectivity index (χ4n) is 5.46. The number of Topliss-reactive ketones (excluding diaryl/α,β-unsaturated/α-hetero) is 1. The van der Waals surface area contributed by atoms with Gasteiger partial charge >= 0.3 is 0 Å². The Morgan fingerprint density at radius 2 is 1.92 bits per heavy atom.